The summed E-state index contributed by atoms with van der Waals surface area (Å²) < 4.78 is 49.2. The van der Waals surface area contributed by atoms with Crippen molar-refractivity contribution >= 4 is 11.9 Å². The second-order valence-electron chi connectivity index (χ2n) is 5.04. The van der Waals surface area contributed by atoms with Crippen molar-refractivity contribution in [2.45, 2.75) is 18.1 Å². The molecule has 1 atom stereocenters. The quantitative estimate of drug-likeness (QED) is 0.855. The summed E-state index contributed by atoms with van der Waals surface area (Å²) in [7, 11) is 0. The summed E-state index contributed by atoms with van der Waals surface area (Å²) in [4.78, 5) is 22.4. The van der Waals surface area contributed by atoms with E-state index in [4.69, 9.17) is 14.6 Å². The molecule has 0 bridgehead atoms. The van der Waals surface area contributed by atoms with Crippen LogP contribution >= 0.6 is 0 Å². The molecule has 9 heteroatoms. The van der Waals surface area contributed by atoms with Crippen LogP contribution in [-0.4, -0.2) is 48.5 Å². The predicted octanol–water partition coefficient (Wildman–Crippen LogP) is 1.60. The first-order valence-corrected chi connectivity index (χ1v) is 6.65. The lowest BCUT2D eigenvalue weighted by atomic mass is 9.97. The van der Waals surface area contributed by atoms with Crippen LogP contribution in [0.1, 0.15) is 16.8 Å². The third kappa shape index (κ3) is 3.92. The van der Waals surface area contributed by atoms with E-state index in [2.05, 4.69) is 0 Å². The van der Waals surface area contributed by atoms with E-state index >= 15 is 0 Å². The van der Waals surface area contributed by atoms with Crippen LogP contribution in [0.2, 0.25) is 0 Å². The number of carbonyl (C=O) groups excluding carboxylic acids is 1. The van der Waals surface area contributed by atoms with Crippen LogP contribution in [0.5, 0.6) is 5.75 Å². The van der Waals surface area contributed by atoms with E-state index in [0.717, 1.165) is 0 Å². The van der Waals surface area contributed by atoms with Crippen molar-refractivity contribution in [1.82, 2.24) is 5.32 Å². The summed E-state index contributed by atoms with van der Waals surface area (Å²) in [5.41, 5.74) is -2.38. The first-order valence-electron chi connectivity index (χ1n) is 6.65. The van der Waals surface area contributed by atoms with Gasteiger partial charge in [0.2, 0.25) is 0 Å². The Hall–Kier alpha value is -2.29. The van der Waals surface area contributed by atoms with Gasteiger partial charge in [-0.15, -0.1) is 0 Å². The highest BCUT2D eigenvalue weighted by Crippen LogP contribution is 2.37. The average Bonchev–Trinajstić information content (AvgIpc) is 2.95. The minimum atomic E-state index is -4.62. The fourth-order valence-corrected chi connectivity index (χ4v) is 2.10. The van der Waals surface area contributed by atoms with Crippen molar-refractivity contribution in [3.63, 3.8) is 0 Å². The second-order valence-corrected chi connectivity index (χ2v) is 5.04. The highest BCUT2D eigenvalue weighted by molar-refractivity contribution is 5.95. The number of rotatable bonds is 5. The van der Waals surface area contributed by atoms with Crippen molar-refractivity contribution in [1.29, 1.82) is 0 Å². The zero-order chi connectivity index (χ0) is 17.1. The SMILES string of the molecule is O=C(O)COc1ccc(C(=O)NC2(C(F)(F)F)CCOC2)cc1. The number of amides is 1. The molecular weight excluding hydrogens is 319 g/mol. The maximum Gasteiger partial charge on any atom is 0.413 e. The Balaban J connectivity index is 2.06. The summed E-state index contributed by atoms with van der Waals surface area (Å²) >= 11 is 0. The second kappa shape index (κ2) is 6.45. The molecule has 0 saturated carbocycles. The minimum Gasteiger partial charge on any atom is -0.482 e. The lowest BCUT2D eigenvalue weighted by Gasteiger charge is -2.31. The van der Waals surface area contributed by atoms with Gasteiger partial charge in [-0.2, -0.15) is 13.2 Å². The van der Waals surface area contributed by atoms with Gasteiger partial charge in [-0.05, 0) is 24.3 Å². The van der Waals surface area contributed by atoms with Crippen LogP contribution in [0.3, 0.4) is 0 Å². The van der Waals surface area contributed by atoms with Crippen molar-refractivity contribution < 1.29 is 37.3 Å². The molecule has 0 spiro atoms. The van der Waals surface area contributed by atoms with Gasteiger partial charge in [-0.1, -0.05) is 0 Å². The molecular formula is C14H14F3NO5. The minimum absolute atomic E-state index is 0.00296. The number of hydrogen-bond donors (Lipinski definition) is 2. The van der Waals surface area contributed by atoms with Crippen LogP contribution in [0.4, 0.5) is 13.2 Å². The number of hydrogen-bond acceptors (Lipinski definition) is 4. The number of ether oxygens (including phenoxy) is 2. The number of carboxylic acids is 1. The molecule has 1 fully saturated rings. The van der Waals surface area contributed by atoms with Gasteiger partial charge in [0.15, 0.2) is 12.1 Å². The number of alkyl halides is 3. The molecule has 126 valence electrons. The number of carboxylic acid groups (broad SMARTS) is 1. The fourth-order valence-electron chi connectivity index (χ4n) is 2.10. The molecule has 2 N–H and O–H groups in total. The molecule has 2 rings (SSSR count). The van der Waals surface area contributed by atoms with Gasteiger partial charge in [0.05, 0.1) is 6.61 Å². The summed E-state index contributed by atoms with van der Waals surface area (Å²) in [6, 6.07) is 5.13. The lowest BCUT2D eigenvalue weighted by Crippen LogP contribution is -2.59. The maximum atomic E-state index is 13.2. The Labute approximate surface area is 129 Å². The molecule has 1 heterocycles. The Morgan fingerprint density at radius 2 is 1.96 bits per heavy atom. The van der Waals surface area contributed by atoms with Gasteiger partial charge >= 0.3 is 12.1 Å². The summed E-state index contributed by atoms with van der Waals surface area (Å²) in [5, 5.41) is 10.5. The standard InChI is InChI=1S/C14H14F3NO5/c15-14(16,17)13(5-6-22-8-13)18-12(21)9-1-3-10(4-2-9)23-7-11(19)20/h1-4H,5-8H2,(H,18,21)(H,19,20). The normalized spacial score (nSPS) is 21.0. The van der Waals surface area contributed by atoms with Gasteiger partial charge < -0.3 is 19.9 Å². The van der Waals surface area contributed by atoms with Gasteiger partial charge in [-0.3, -0.25) is 4.79 Å². The zero-order valence-electron chi connectivity index (χ0n) is 11.9. The van der Waals surface area contributed by atoms with Gasteiger partial charge in [0.1, 0.15) is 5.75 Å². The third-order valence-electron chi connectivity index (χ3n) is 3.40. The van der Waals surface area contributed by atoms with Gasteiger partial charge in [0.25, 0.3) is 5.91 Å². The smallest absolute Gasteiger partial charge is 0.413 e. The molecule has 1 amide bonds. The van der Waals surface area contributed by atoms with Crippen LogP contribution in [0.25, 0.3) is 0 Å². The number of halogens is 3. The first-order chi connectivity index (χ1) is 10.7. The molecule has 1 unspecified atom stereocenters. The maximum absolute atomic E-state index is 13.2. The summed E-state index contributed by atoms with van der Waals surface area (Å²) in [5.74, 6) is -1.86. The number of carbonyl (C=O) groups is 2. The molecule has 1 aliphatic heterocycles. The van der Waals surface area contributed by atoms with Gasteiger partial charge in [-0.25, -0.2) is 4.79 Å². The Kier molecular flexibility index (Phi) is 4.79. The number of benzene rings is 1. The van der Waals surface area contributed by atoms with E-state index in [0.29, 0.717) is 0 Å². The lowest BCUT2D eigenvalue weighted by molar-refractivity contribution is -0.192. The highest BCUT2D eigenvalue weighted by atomic mass is 19.4. The van der Waals surface area contributed by atoms with E-state index in [1.54, 1.807) is 0 Å². The first kappa shape index (κ1) is 17.1. The highest BCUT2D eigenvalue weighted by Gasteiger charge is 2.58. The van der Waals surface area contributed by atoms with Crippen molar-refractivity contribution in [3.8, 4) is 5.75 Å². The van der Waals surface area contributed by atoms with Crippen LogP contribution in [0, 0.1) is 0 Å². The summed E-state index contributed by atoms with van der Waals surface area (Å²) in [6.45, 7) is -1.26. The van der Waals surface area contributed by atoms with Crippen LogP contribution in [0.15, 0.2) is 24.3 Å². The van der Waals surface area contributed by atoms with Crippen molar-refractivity contribution in [2.75, 3.05) is 19.8 Å². The van der Waals surface area contributed by atoms with E-state index in [9.17, 15) is 22.8 Å². The van der Waals surface area contributed by atoms with E-state index in [1.165, 1.54) is 24.3 Å². The van der Waals surface area contributed by atoms with Crippen LogP contribution in [-0.2, 0) is 9.53 Å². The molecule has 1 aromatic rings. The average molecular weight is 333 g/mol. The zero-order valence-corrected chi connectivity index (χ0v) is 11.9. The number of nitrogens with one attached hydrogen (secondary N) is 1. The topological polar surface area (TPSA) is 84.9 Å². The molecule has 1 aromatic carbocycles. The summed E-state index contributed by atoms with van der Waals surface area (Å²) in [6.07, 6.45) is -4.97. The third-order valence-corrected chi connectivity index (χ3v) is 3.40. The van der Waals surface area contributed by atoms with Crippen LogP contribution < -0.4 is 10.1 Å². The largest absolute Gasteiger partial charge is 0.482 e. The Bertz CT molecular complexity index is 579. The molecule has 6 nitrogen and oxygen atoms in total. The molecule has 0 aliphatic carbocycles. The van der Waals surface area contributed by atoms with Crippen molar-refractivity contribution in [2.24, 2.45) is 0 Å². The molecule has 0 aromatic heterocycles. The van der Waals surface area contributed by atoms with E-state index in [1.807, 2.05) is 5.32 Å². The molecule has 1 saturated heterocycles. The Morgan fingerprint density at radius 1 is 1.30 bits per heavy atom. The van der Waals surface area contributed by atoms with Crippen molar-refractivity contribution in [3.05, 3.63) is 29.8 Å². The molecule has 1 aliphatic rings. The molecule has 23 heavy (non-hydrogen) atoms. The predicted molar refractivity (Wildman–Crippen MR) is 71.3 cm³/mol. The van der Waals surface area contributed by atoms with E-state index in [-0.39, 0.29) is 24.3 Å². The molecule has 0 radical (unpaired) electrons. The fraction of sp³-hybridized carbons (Fsp3) is 0.429. The Morgan fingerprint density at radius 3 is 2.43 bits per heavy atom. The van der Waals surface area contributed by atoms with E-state index < -0.39 is 36.8 Å². The number of aliphatic carboxylic acids is 1. The van der Waals surface area contributed by atoms with Gasteiger partial charge in [0, 0.05) is 18.6 Å². The monoisotopic (exact) mass is 333 g/mol.